The van der Waals surface area contributed by atoms with E-state index in [0.717, 1.165) is 50.5 Å². The van der Waals surface area contributed by atoms with E-state index in [4.69, 9.17) is 43.2 Å². The molecule has 0 aliphatic carbocycles. The number of para-hydroxylation sites is 1. The highest BCUT2D eigenvalue weighted by Gasteiger charge is 2.33. The van der Waals surface area contributed by atoms with Gasteiger partial charge < -0.3 is 33.2 Å². The lowest BCUT2D eigenvalue weighted by Gasteiger charge is -2.22. The number of hydrazone groups is 1. The van der Waals surface area contributed by atoms with Gasteiger partial charge in [0, 0.05) is 24.5 Å². The molecule has 0 radical (unpaired) electrons. The zero-order valence-corrected chi connectivity index (χ0v) is 30.4. The van der Waals surface area contributed by atoms with Crippen LogP contribution in [0.15, 0.2) is 77.9 Å². The summed E-state index contributed by atoms with van der Waals surface area (Å²) in [5.41, 5.74) is 4.32. The minimum absolute atomic E-state index is 0.178. The summed E-state index contributed by atoms with van der Waals surface area (Å²) in [6.07, 6.45) is 1.97. The third-order valence-electron chi connectivity index (χ3n) is 8.56. The molecule has 2 heterocycles. The molecule has 5 aromatic rings. The number of fused-ring (bicyclic) bond motifs is 1. The smallest absolute Gasteiger partial charge is 0.240 e. The first-order valence-electron chi connectivity index (χ1n) is 16.5. The van der Waals surface area contributed by atoms with Crippen LogP contribution in [0.25, 0.3) is 20.8 Å². The molecule has 0 bridgehead atoms. The summed E-state index contributed by atoms with van der Waals surface area (Å²) in [6.45, 7) is 2.43. The van der Waals surface area contributed by atoms with Crippen LogP contribution in [0.1, 0.15) is 43.4 Å². The fourth-order valence-corrected chi connectivity index (χ4v) is 6.94. The monoisotopic (exact) mass is 711 g/mol. The number of carbonyl (C=O) groups is 1. The molecular formula is C39H41N3O8S. The van der Waals surface area contributed by atoms with E-state index < -0.39 is 0 Å². The van der Waals surface area contributed by atoms with Crippen LogP contribution in [-0.4, -0.2) is 70.4 Å². The van der Waals surface area contributed by atoms with E-state index in [1.165, 1.54) is 11.9 Å². The van der Waals surface area contributed by atoms with Gasteiger partial charge in [0.1, 0.15) is 5.01 Å². The van der Waals surface area contributed by atoms with Gasteiger partial charge in [-0.2, -0.15) is 5.10 Å². The standard InChI is InChI=1S/C39H41N3O8S/c1-24(43)42-30(23-29(41-42)27-21-35(46-4)38(48-6)36(22-27)47-5)25-13-15-31(44-2)33(19-25)49-17-9-10-18-50-34-20-26(14-16-32(34)45-3)39-40-28-11-7-8-12-37(28)51-39/h7-8,11-16,19-22,30H,9-10,17-18,23H2,1-6H3. The first-order chi connectivity index (χ1) is 24.9. The van der Waals surface area contributed by atoms with Crippen molar-refractivity contribution < 1.29 is 38.0 Å². The van der Waals surface area contributed by atoms with Crippen molar-refractivity contribution in [3.63, 3.8) is 0 Å². The molecule has 11 nitrogen and oxygen atoms in total. The van der Waals surface area contributed by atoms with Crippen LogP contribution in [0.4, 0.5) is 0 Å². The number of hydrogen-bond acceptors (Lipinski definition) is 11. The minimum atomic E-state index is -0.341. The lowest BCUT2D eigenvalue weighted by Crippen LogP contribution is -2.24. The van der Waals surface area contributed by atoms with Gasteiger partial charge in [-0.1, -0.05) is 18.2 Å². The lowest BCUT2D eigenvalue weighted by molar-refractivity contribution is -0.130. The number of carbonyl (C=O) groups excluding carboxylic acids is 1. The Morgan fingerprint density at radius 3 is 1.94 bits per heavy atom. The number of hydrogen-bond donors (Lipinski definition) is 0. The quantitative estimate of drug-likeness (QED) is 0.100. The Labute approximate surface area is 301 Å². The summed E-state index contributed by atoms with van der Waals surface area (Å²) < 4.78 is 41.3. The number of aromatic nitrogens is 1. The zero-order chi connectivity index (χ0) is 35.9. The van der Waals surface area contributed by atoms with Crippen molar-refractivity contribution in [2.24, 2.45) is 5.10 Å². The van der Waals surface area contributed by atoms with Crippen LogP contribution >= 0.6 is 11.3 Å². The second kappa shape index (κ2) is 16.0. The predicted molar refractivity (Wildman–Crippen MR) is 197 cm³/mol. The molecule has 0 fully saturated rings. The number of rotatable bonds is 15. The average molecular weight is 712 g/mol. The fourth-order valence-electron chi connectivity index (χ4n) is 5.98. The van der Waals surface area contributed by atoms with E-state index in [1.54, 1.807) is 46.9 Å². The topological polar surface area (TPSA) is 110 Å². The molecule has 12 heteroatoms. The summed E-state index contributed by atoms with van der Waals surface area (Å²) in [7, 11) is 7.93. The second-order valence-electron chi connectivity index (χ2n) is 11.7. The molecule has 0 saturated carbocycles. The predicted octanol–water partition coefficient (Wildman–Crippen LogP) is 7.94. The van der Waals surface area contributed by atoms with Crippen molar-refractivity contribution in [3.8, 4) is 50.8 Å². The molecule has 1 atom stereocenters. The maximum absolute atomic E-state index is 12.8. The molecule has 1 aliphatic rings. The molecule has 266 valence electrons. The number of amides is 1. The molecule has 0 N–H and O–H groups in total. The Morgan fingerprint density at radius 2 is 1.33 bits per heavy atom. The van der Waals surface area contributed by atoms with Crippen LogP contribution in [0.5, 0.6) is 40.2 Å². The van der Waals surface area contributed by atoms with Gasteiger partial charge in [0.05, 0.1) is 70.7 Å². The van der Waals surface area contributed by atoms with Gasteiger partial charge in [0.15, 0.2) is 34.5 Å². The molecule has 51 heavy (non-hydrogen) atoms. The highest BCUT2D eigenvalue weighted by atomic mass is 32.1. The third-order valence-corrected chi connectivity index (χ3v) is 9.65. The van der Waals surface area contributed by atoms with E-state index in [1.807, 2.05) is 66.7 Å². The van der Waals surface area contributed by atoms with Crippen LogP contribution < -0.4 is 33.2 Å². The normalized spacial score (nSPS) is 13.9. The highest BCUT2D eigenvalue weighted by Crippen LogP contribution is 2.42. The second-order valence-corrected chi connectivity index (χ2v) is 12.7. The zero-order valence-electron chi connectivity index (χ0n) is 29.6. The van der Waals surface area contributed by atoms with E-state index in [9.17, 15) is 4.79 Å². The van der Waals surface area contributed by atoms with E-state index in [-0.39, 0.29) is 11.9 Å². The van der Waals surface area contributed by atoms with Gasteiger partial charge >= 0.3 is 0 Å². The Kier molecular flexibility index (Phi) is 11.1. The maximum atomic E-state index is 12.8. The number of nitrogens with zero attached hydrogens (tertiary/aromatic N) is 3. The van der Waals surface area contributed by atoms with E-state index in [0.29, 0.717) is 59.9 Å². The number of methoxy groups -OCH3 is 5. The SMILES string of the molecule is COc1ccc(-c2nc3ccccc3s2)cc1OCCCCOc1cc(C2CC(c3cc(OC)c(OC)c(OC)c3)=NN2C(C)=O)ccc1OC. The van der Waals surface area contributed by atoms with Gasteiger partial charge in [-0.15, -0.1) is 11.3 Å². The lowest BCUT2D eigenvalue weighted by atomic mass is 9.97. The van der Waals surface area contributed by atoms with Crippen molar-refractivity contribution in [1.29, 1.82) is 0 Å². The number of unbranched alkanes of at least 4 members (excludes halogenated alkanes) is 1. The van der Waals surface area contributed by atoms with Crippen molar-refractivity contribution in [1.82, 2.24) is 9.99 Å². The van der Waals surface area contributed by atoms with Crippen molar-refractivity contribution in [3.05, 3.63) is 83.9 Å². The molecule has 0 spiro atoms. The van der Waals surface area contributed by atoms with E-state index in [2.05, 4.69) is 6.07 Å². The van der Waals surface area contributed by atoms with Gasteiger partial charge in [0.25, 0.3) is 0 Å². The summed E-state index contributed by atoms with van der Waals surface area (Å²) in [4.78, 5) is 17.6. The molecule has 1 unspecified atom stereocenters. The Balaban J connectivity index is 1.09. The van der Waals surface area contributed by atoms with Crippen LogP contribution in [-0.2, 0) is 4.79 Å². The molecule has 1 aliphatic heterocycles. The van der Waals surface area contributed by atoms with Crippen LogP contribution in [0.2, 0.25) is 0 Å². The minimum Gasteiger partial charge on any atom is -0.493 e. The Morgan fingerprint density at radius 1 is 0.725 bits per heavy atom. The summed E-state index contributed by atoms with van der Waals surface area (Å²) in [5.74, 6) is 3.86. The number of ether oxygens (including phenoxy) is 7. The average Bonchev–Trinajstić information content (AvgIpc) is 3.81. The van der Waals surface area contributed by atoms with Gasteiger partial charge in [-0.05, 0) is 73.0 Å². The molecular weight excluding hydrogens is 671 g/mol. The summed E-state index contributed by atoms with van der Waals surface area (Å²) in [5, 5.41) is 7.14. The third kappa shape index (κ3) is 7.65. The summed E-state index contributed by atoms with van der Waals surface area (Å²) >= 11 is 1.65. The molecule has 1 amide bonds. The van der Waals surface area contributed by atoms with Crippen LogP contribution in [0.3, 0.4) is 0 Å². The largest absolute Gasteiger partial charge is 0.493 e. The van der Waals surface area contributed by atoms with E-state index >= 15 is 0 Å². The molecule has 6 rings (SSSR count). The van der Waals surface area contributed by atoms with Crippen molar-refractivity contribution >= 4 is 33.2 Å². The number of benzene rings is 4. The molecule has 4 aromatic carbocycles. The van der Waals surface area contributed by atoms with Crippen LogP contribution in [0, 0.1) is 0 Å². The van der Waals surface area contributed by atoms with Crippen molar-refractivity contribution in [2.75, 3.05) is 48.8 Å². The van der Waals surface area contributed by atoms with Crippen molar-refractivity contribution in [2.45, 2.75) is 32.2 Å². The molecule has 1 aromatic heterocycles. The highest BCUT2D eigenvalue weighted by molar-refractivity contribution is 7.21. The Hall–Kier alpha value is -5.49. The molecule has 0 saturated heterocycles. The first kappa shape index (κ1) is 35.3. The fraction of sp³-hybridized carbons (Fsp3) is 0.308. The maximum Gasteiger partial charge on any atom is 0.240 e. The first-order valence-corrected chi connectivity index (χ1v) is 17.3. The number of thiazole rings is 1. The summed E-state index contributed by atoms with van der Waals surface area (Å²) in [6, 6.07) is 23.0. The van der Waals surface area contributed by atoms with Gasteiger partial charge in [0.2, 0.25) is 11.7 Å². The van der Waals surface area contributed by atoms with Gasteiger partial charge in [-0.3, -0.25) is 4.79 Å². The Bertz CT molecular complexity index is 1990. The van der Waals surface area contributed by atoms with Gasteiger partial charge in [-0.25, -0.2) is 9.99 Å².